The second-order valence-corrected chi connectivity index (χ2v) is 18.2. The van der Waals surface area contributed by atoms with Gasteiger partial charge >= 0.3 is 11.9 Å². The van der Waals surface area contributed by atoms with Crippen molar-refractivity contribution in [2.45, 2.75) is 154 Å². The Bertz CT molecular complexity index is 1430. The maximum Gasteiger partial charge on any atom is 0.306 e. The topological polar surface area (TPSA) is 169 Å². The molecule has 6 atom stereocenters. The Morgan fingerprint density at radius 3 is 1.95 bits per heavy atom. The fourth-order valence-electron chi connectivity index (χ4n) is 6.39. The zero-order chi connectivity index (χ0) is 45.2. The molecule has 2 N–H and O–H groups in total. The number of unbranched alkanes of at least 4 members (excludes halogenated alkanes) is 7. The van der Waals surface area contributed by atoms with Crippen LogP contribution in [-0.4, -0.2) is 98.2 Å². The van der Waals surface area contributed by atoms with Crippen LogP contribution >= 0.6 is 7.82 Å². The van der Waals surface area contributed by atoms with Crippen molar-refractivity contribution in [3.8, 4) is 0 Å². The zero-order valence-corrected chi connectivity index (χ0v) is 38.9. The van der Waals surface area contributed by atoms with Gasteiger partial charge in [0, 0.05) is 31.1 Å². The summed E-state index contributed by atoms with van der Waals surface area (Å²) in [6, 6.07) is 0. The largest absolute Gasteiger partial charge is 0.756 e. The highest BCUT2D eigenvalue weighted by Crippen LogP contribution is 2.38. The lowest BCUT2D eigenvalue weighted by Crippen LogP contribution is -2.37. The van der Waals surface area contributed by atoms with Gasteiger partial charge in [-0.1, -0.05) is 119 Å². The minimum Gasteiger partial charge on any atom is -0.756 e. The predicted molar refractivity (Wildman–Crippen MR) is 241 cm³/mol. The molecule has 1 rings (SSSR count). The van der Waals surface area contributed by atoms with Crippen LogP contribution in [-0.2, 0) is 37.5 Å². The molecule has 0 aromatic rings. The second kappa shape index (κ2) is 34.5. The first-order chi connectivity index (χ1) is 29.2. The van der Waals surface area contributed by atoms with Gasteiger partial charge in [-0.05, 0) is 70.6 Å². The van der Waals surface area contributed by atoms with Gasteiger partial charge in [0.1, 0.15) is 25.5 Å². The average Bonchev–Trinajstić information content (AvgIpc) is 3.47. The van der Waals surface area contributed by atoms with Crippen molar-refractivity contribution in [2.75, 3.05) is 47.5 Å². The summed E-state index contributed by atoms with van der Waals surface area (Å²) >= 11 is 0. The molecule has 1 aliphatic carbocycles. The number of hydrogen-bond acceptors (Lipinski definition) is 11. The fourth-order valence-corrected chi connectivity index (χ4v) is 7.12. The van der Waals surface area contributed by atoms with E-state index in [1.165, 1.54) is 19.3 Å². The Kier molecular flexibility index (Phi) is 31.7. The van der Waals surface area contributed by atoms with E-state index in [0.29, 0.717) is 49.6 Å². The molecule has 1 fully saturated rings. The number of ketones is 1. The number of nitrogens with zero attached hydrogens (tertiary/aromatic N) is 1. The van der Waals surface area contributed by atoms with Crippen LogP contribution in [0.2, 0.25) is 0 Å². The van der Waals surface area contributed by atoms with Gasteiger partial charge in [0.25, 0.3) is 7.82 Å². The fraction of sp³-hybridized carbons (Fsp3) is 0.688. The van der Waals surface area contributed by atoms with E-state index in [1.54, 1.807) is 12.2 Å². The van der Waals surface area contributed by atoms with E-state index in [2.05, 4.69) is 50.3 Å². The van der Waals surface area contributed by atoms with E-state index in [1.807, 2.05) is 45.4 Å². The molecule has 0 aromatic carbocycles. The number of likely N-dealkylation sites (N-methyl/N-ethyl adjacent to an activating group) is 1. The molecule has 61 heavy (non-hydrogen) atoms. The molecular formula is C48H80NO11P. The standard InChI is InChI=1S/C48H80NO11P/c1-6-8-10-11-12-13-14-15-16-17-18-19-20-21-22-23-29-33-48(54)60-42(40-59-61(55,56)58-37-36-49(3,4)5)39-57-47(53)32-28-25-24-27-31-43-44(46(52)38-45(43)51)35-34-41(50)30-26-9-7-2/h12-13,15-16,18-19,21-22,24,27,34-35,41-44,46,50,52H,6-11,14,17,20,23,25-26,28-33,36-40H2,1-5H3/b13-12-,16-15-,19-18-,22-21-,27-24-,35-34+/t41-,42+,43+,44+,46+/m0/s1. The van der Waals surface area contributed by atoms with Gasteiger partial charge in [0.15, 0.2) is 6.10 Å². The third-order valence-corrected chi connectivity index (χ3v) is 11.0. The molecule has 348 valence electrons. The predicted octanol–water partition coefficient (Wildman–Crippen LogP) is 8.98. The Hall–Kier alpha value is -2.96. The number of allylic oxidation sites excluding steroid dienone is 10. The van der Waals surface area contributed by atoms with Crippen molar-refractivity contribution in [1.82, 2.24) is 0 Å². The van der Waals surface area contributed by atoms with E-state index >= 15 is 0 Å². The zero-order valence-electron chi connectivity index (χ0n) is 38.0. The number of rotatable bonds is 36. The van der Waals surface area contributed by atoms with Crippen LogP contribution in [0.5, 0.6) is 0 Å². The molecule has 0 amide bonds. The first-order valence-corrected chi connectivity index (χ1v) is 24.2. The van der Waals surface area contributed by atoms with Gasteiger partial charge in [-0.3, -0.25) is 18.9 Å². The molecule has 0 heterocycles. The highest BCUT2D eigenvalue weighted by atomic mass is 31.2. The quantitative estimate of drug-likeness (QED) is 0.0203. The van der Waals surface area contributed by atoms with Crippen molar-refractivity contribution < 1.29 is 57.1 Å². The maximum atomic E-state index is 12.7. The van der Waals surface area contributed by atoms with Crippen molar-refractivity contribution in [3.63, 3.8) is 0 Å². The summed E-state index contributed by atoms with van der Waals surface area (Å²) in [5, 5.41) is 20.7. The summed E-state index contributed by atoms with van der Waals surface area (Å²) in [6.45, 7) is 3.70. The van der Waals surface area contributed by atoms with Gasteiger partial charge < -0.3 is 38.1 Å². The Balaban J connectivity index is 2.54. The molecule has 0 bridgehead atoms. The molecule has 0 radical (unpaired) electrons. The summed E-state index contributed by atoms with van der Waals surface area (Å²) in [6.07, 6.45) is 35.9. The van der Waals surface area contributed by atoms with Crippen LogP contribution in [0.25, 0.3) is 0 Å². The Morgan fingerprint density at radius 1 is 0.787 bits per heavy atom. The summed E-state index contributed by atoms with van der Waals surface area (Å²) in [5.74, 6) is -1.84. The van der Waals surface area contributed by atoms with Gasteiger partial charge in [0.05, 0.1) is 40.0 Å². The van der Waals surface area contributed by atoms with E-state index in [-0.39, 0.29) is 50.1 Å². The van der Waals surface area contributed by atoms with Crippen LogP contribution in [0.15, 0.2) is 72.9 Å². The number of ether oxygens (including phenoxy) is 2. The summed E-state index contributed by atoms with van der Waals surface area (Å²) in [7, 11) is 0.972. The second-order valence-electron chi connectivity index (χ2n) is 16.8. The molecule has 1 unspecified atom stereocenters. The smallest absolute Gasteiger partial charge is 0.306 e. The first-order valence-electron chi connectivity index (χ1n) is 22.7. The number of hydrogen-bond donors (Lipinski definition) is 2. The number of esters is 2. The van der Waals surface area contributed by atoms with Crippen molar-refractivity contribution >= 4 is 25.5 Å². The highest BCUT2D eigenvalue weighted by molar-refractivity contribution is 7.45. The minimum atomic E-state index is -4.71. The molecule has 0 aliphatic heterocycles. The molecular weight excluding hydrogens is 797 g/mol. The summed E-state index contributed by atoms with van der Waals surface area (Å²) in [4.78, 5) is 50.3. The third kappa shape index (κ3) is 31.5. The molecule has 1 aliphatic rings. The molecule has 0 saturated heterocycles. The number of Topliss-reactive ketones (excluding diaryl/α,β-unsaturated/α-hetero) is 1. The number of quaternary nitrogens is 1. The van der Waals surface area contributed by atoms with E-state index in [0.717, 1.165) is 44.9 Å². The lowest BCUT2D eigenvalue weighted by molar-refractivity contribution is -0.870. The number of carbonyl (C=O) groups excluding carboxylic acids is 3. The van der Waals surface area contributed by atoms with Crippen LogP contribution in [0, 0.1) is 11.8 Å². The number of carbonyl (C=O) groups is 3. The Morgan fingerprint density at radius 2 is 1.34 bits per heavy atom. The Labute approximate surface area is 368 Å². The molecule has 13 heteroatoms. The lowest BCUT2D eigenvalue weighted by Gasteiger charge is -2.28. The summed E-state index contributed by atoms with van der Waals surface area (Å²) < 4.78 is 33.7. The first kappa shape index (κ1) is 56.1. The van der Waals surface area contributed by atoms with E-state index < -0.39 is 44.7 Å². The van der Waals surface area contributed by atoms with Crippen LogP contribution in [0.1, 0.15) is 136 Å². The summed E-state index contributed by atoms with van der Waals surface area (Å²) in [5.41, 5.74) is 0. The van der Waals surface area contributed by atoms with Crippen LogP contribution in [0.4, 0.5) is 0 Å². The molecule has 0 aromatic heterocycles. The van der Waals surface area contributed by atoms with Gasteiger partial charge in [-0.25, -0.2) is 0 Å². The minimum absolute atomic E-state index is 0.00868. The van der Waals surface area contributed by atoms with Gasteiger partial charge in [0.2, 0.25) is 0 Å². The van der Waals surface area contributed by atoms with Gasteiger partial charge in [-0.15, -0.1) is 0 Å². The van der Waals surface area contributed by atoms with Crippen molar-refractivity contribution in [2.24, 2.45) is 11.8 Å². The number of phosphoric acid groups is 1. The van der Waals surface area contributed by atoms with Crippen molar-refractivity contribution in [3.05, 3.63) is 72.9 Å². The highest BCUT2D eigenvalue weighted by Gasteiger charge is 2.39. The average molecular weight is 878 g/mol. The molecule has 0 spiro atoms. The number of aliphatic hydroxyl groups is 2. The monoisotopic (exact) mass is 878 g/mol. The van der Waals surface area contributed by atoms with E-state index in [4.69, 9.17) is 18.5 Å². The molecule has 12 nitrogen and oxygen atoms in total. The lowest BCUT2D eigenvalue weighted by atomic mass is 9.90. The van der Waals surface area contributed by atoms with Crippen LogP contribution in [0.3, 0.4) is 0 Å². The maximum absolute atomic E-state index is 12.7. The van der Waals surface area contributed by atoms with Gasteiger partial charge in [-0.2, -0.15) is 0 Å². The third-order valence-electron chi connectivity index (χ3n) is 10.1. The molecule has 1 saturated carbocycles. The normalized spacial score (nSPS) is 19.7. The van der Waals surface area contributed by atoms with E-state index in [9.17, 15) is 34.1 Å². The SMILES string of the molecule is CCCCC/C=C\C/C=C\C/C=C\C/C=C\CCCC(=O)O[C@H](COC(=O)CCC/C=C\C[C@H]1C(=O)C[C@@H](O)[C@@H]1/C=C/[C@@H](O)CCCCC)COP(=O)([O-])OCC[N+](C)(C)C. The number of phosphoric ester groups is 1. The van der Waals surface area contributed by atoms with Crippen molar-refractivity contribution in [1.29, 1.82) is 0 Å². The van der Waals surface area contributed by atoms with Crippen LogP contribution < -0.4 is 4.89 Å². The number of aliphatic hydroxyl groups excluding tert-OH is 2.